The number of carbonyl (C=O) groups excluding carboxylic acids is 1. The number of hydrogen-bond acceptors (Lipinski definition) is 4. The minimum Gasteiger partial charge on any atom is -0.317 e. The smallest absolute Gasteiger partial charge is 0.276 e. The number of para-hydroxylation sites is 1. The first kappa shape index (κ1) is 19.8. The molecule has 0 atom stereocenters. The van der Waals surface area contributed by atoms with E-state index in [1.807, 2.05) is 64.1 Å². The van der Waals surface area contributed by atoms with E-state index in [0.29, 0.717) is 17.2 Å². The molecule has 4 aromatic rings. The molecule has 8 heteroatoms. The van der Waals surface area contributed by atoms with E-state index in [1.54, 1.807) is 21.5 Å². The Morgan fingerprint density at radius 3 is 2.37 bits per heavy atom. The molecule has 0 bridgehead atoms. The van der Waals surface area contributed by atoms with Crippen molar-refractivity contribution < 1.29 is 4.79 Å². The Labute approximate surface area is 179 Å². The maximum Gasteiger partial charge on any atom is 0.276 e. The Balaban J connectivity index is 1.68. The number of aromatic nitrogens is 5. The van der Waals surface area contributed by atoms with Gasteiger partial charge in [-0.05, 0) is 58.0 Å². The molecule has 0 saturated carbocycles. The number of anilines is 1. The van der Waals surface area contributed by atoms with Gasteiger partial charge in [0.1, 0.15) is 5.69 Å². The highest BCUT2D eigenvalue weighted by Crippen LogP contribution is 2.25. The van der Waals surface area contributed by atoms with Crippen LogP contribution >= 0.6 is 11.6 Å². The number of amides is 1. The third kappa shape index (κ3) is 3.59. The minimum absolute atomic E-state index is 0.132. The molecule has 0 aliphatic heterocycles. The van der Waals surface area contributed by atoms with Crippen LogP contribution in [0.1, 0.15) is 33.3 Å². The van der Waals surface area contributed by atoms with Crippen LogP contribution in [0, 0.1) is 27.7 Å². The Morgan fingerprint density at radius 2 is 1.70 bits per heavy atom. The highest BCUT2D eigenvalue weighted by molar-refractivity contribution is 6.34. The molecule has 0 aliphatic rings. The second kappa shape index (κ2) is 7.76. The highest BCUT2D eigenvalue weighted by atomic mass is 35.5. The number of benzene rings is 1. The van der Waals surface area contributed by atoms with Crippen molar-refractivity contribution in [2.45, 2.75) is 27.7 Å². The fraction of sp³-hybridized carbons (Fsp3) is 0.182. The van der Waals surface area contributed by atoms with Crippen LogP contribution in [0.2, 0.25) is 5.02 Å². The van der Waals surface area contributed by atoms with Gasteiger partial charge >= 0.3 is 0 Å². The number of nitrogens with zero attached hydrogens (tertiary/aromatic N) is 5. The SMILES string of the molecule is Cc1cc(C)n(-c2ccc(Cl)c(C(=O)Nc3c(C)nn(-c4ccccc4)c3C)n2)n1. The van der Waals surface area contributed by atoms with Gasteiger partial charge in [0.2, 0.25) is 0 Å². The molecule has 0 radical (unpaired) electrons. The molecule has 0 unspecified atom stereocenters. The van der Waals surface area contributed by atoms with Crippen LogP contribution in [0.15, 0.2) is 48.5 Å². The molecular weight excluding hydrogens is 400 g/mol. The number of pyridine rings is 1. The quantitative estimate of drug-likeness (QED) is 0.523. The van der Waals surface area contributed by atoms with E-state index in [0.717, 1.165) is 22.8 Å². The second-order valence-corrected chi connectivity index (χ2v) is 7.49. The third-order valence-electron chi connectivity index (χ3n) is 4.80. The molecule has 3 aromatic heterocycles. The summed E-state index contributed by atoms with van der Waals surface area (Å²) in [5.74, 6) is 0.130. The van der Waals surface area contributed by atoms with Gasteiger partial charge in [0, 0.05) is 5.69 Å². The van der Waals surface area contributed by atoms with E-state index < -0.39 is 5.91 Å². The van der Waals surface area contributed by atoms with E-state index in [-0.39, 0.29) is 10.7 Å². The number of hydrogen-bond donors (Lipinski definition) is 1. The zero-order valence-corrected chi connectivity index (χ0v) is 17.9. The summed E-state index contributed by atoms with van der Waals surface area (Å²) in [7, 11) is 0. The molecule has 7 nitrogen and oxygen atoms in total. The standard InChI is InChI=1S/C22H21ClN6O/c1-13-12-14(2)28(26-13)19-11-10-18(23)21(24-19)22(30)25-20-15(3)27-29(16(20)4)17-8-6-5-7-9-17/h5-12H,1-4H3,(H,25,30). The molecule has 1 aromatic carbocycles. The predicted molar refractivity (Wildman–Crippen MR) is 117 cm³/mol. The summed E-state index contributed by atoms with van der Waals surface area (Å²) >= 11 is 6.30. The minimum atomic E-state index is -0.401. The Morgan fingerprint density at radius 1 is 0.967 bits per heavy atom. The van der Waals surface area contributed by atoms with E-state index in [9.17, 15) is 4.79 Å². The largest absolute Gasteiger partial charge is 0.317 e. The molecule has 3 heterocycles. The molecule has 4 rings (SSSR count). The Hall–Kier alpha value is -3.45. The topological polar surface area (TPSA) is 77.6 Å². The maximum absolute atomic E-state index is 13.0. The average Bonchev–Trinajstić information content (AvgIpc) is 3.21. The van der Waals surface area contributed by atoms with Crippen molar-refractivity contribution in [1.29, 1.82) is 0 Å². The summed E-state index contributed by atoms with van der Waals surface area (Å²) in [6.45, 7) is 7.59. The van der Waals surface area contributed by atoms with Gasteiger partial charge in [0.05, 0.1) is 33.5 Å². The lowest BCUT2D eigenvalue weighted by atomic mass is 10.2. The fourth-order valence-corrected chi connectivity index (χ4v) is 3.58. The lowest BCUT2D eigenvalue weighted by Crippen LogP contribution is -2.17. The maximum atomic E-state index is 13.0. The van der Waals surface area contributed by atoms with Gasteiger partial charge in [-0.25, -0.2) is 14.3 Å². The van der Waals surface area contributed by atoms with Crippen molar-refractivity contribution in [2.24, 2.45) is 0 Å². The monoisotopic (exact) mass is 420 g/mol. The van der Waals surface area contributed by atoms with E-state index in [1.165, 1.54) is 0 Å². The molecule has 0 aliphatic carbocycles. The van der Waals surface area contributed by atoms with Crippen LogP contribution in [0.5, 0.6) is 0 Å². The summed E-state index contributed by atoms with van der Waals surface area (Å²) in [6.07, 6.45) is 0. The van der Waals surface area contributed by atoms with Gasteiger partial charge in [-0.2, -0.15) is 10.2 Å². The van der Waals surface area contributed by atoms with Crippen molar-refractivity contribution in [3.63, 3.8) is 0 Å². The third-order valence-corrected chi connectivity index (χ3v) is 5.11. The summed E-state index contributed by atoms with van der Waals surface area (Å²) in [5, 5.41) is 12.2. The number of carbonyl (C=O) groups is 1. The van der Waals surface area contributed by atoms with Crippen LogP contribution in [0.25, 0.3) is 11.5 Å². The van der Waals surface area contributed by atoms with Crippen LogP contribution in [-0.4, -0.2) is 30.5 Å². The summed E-state index contributed by atoms with van der Waals surface area (Å²) < 4.78 is 3.48. The second-order valence-electron chi connectivity index (χ2n) is 7.09. The zero-order valence-electron chi connectivity index (χ0n) is 17.1. The molecule has 30 heavy (non-hydrogen) atoms. The molecule has 1 N–H and O–H groups in total. The number of nitrogens with one attached hydrogen (secondary N) is 1. The van der Waals surface area contributed by atoms with Gasteiger partial charge < -0.3 is 5.32 Å². The van der Waals surface area contributed by atoms with Gasteiger partial charge in [-0.15, -0.1) is 0 Å². The van der Waals surface area contributed by atoms with Crippen molar-refractivity contribution in [1.82, 2.24) is 24.5 Å². The van der Waals surface area contributed by atoms with E-state index in [4.69, 9.17) is 11.6 Å². The molecule has 0 spiro atoms. The summed E-state index contributed by atoms with van der Waals surface area (Å²) in [4.78, 5) is 17.5. The lowest BCUT2D eigenvalue weighted by Gasteiger charge is -2.10. The highest BCUT2D eigenvalue weighted by Gasteiger charge is 2.20. The fourth-order valence-electron chi connectivity index (χ4n) is 3.39. The van der Waals surface area contributed by atoms with Crippen LogP contribution in [-0.2, 0) is 0 Å². The number of halogens is 1. The first-order chi connectivity index (χ1) is 14.3. The Kier molecular flexibility index (Phi) is 5.13. The molecule has 0 saturated heterocycles. The first-order valence-electron chi connectivity index (χ1n) is 9.48. The molecule has 1 amide bonds. The van der Waals surface area contributed by atoms with Crippen molar-refractivity contribution in [3.8, 4) is 11.5 Å². The summed E-state index contributed by atoms with van der Waals surface area (Å²) in [5.41, 5.74) is 5.00. The van der Waals surface area contributed by atoms with Crippen LogP contribution < -0.4 is 5.32 Å². The van der Waals surface area contributed by atoms with E-state index in [2.05, 4.69) is 20.5 Å². The lowest BCUT2D eigenvalue weighted by molar-refractivity contribution is 0.102. The predicted octanol–water partition coefficient (Wildman–Crippen LogP) is 4.59. The number of aryl methyl sites for hydroxylation is 3. The normalized spacial score (nSPS) is 11.0. The van der Waals surface area contributed by atoms with Crippen molar-refractivity contribution >= 4 is 23.2 Å². The van der Waals surface area contributed by atoms with Gasteiger partial charge in [-0.1, -0.05) is 29.8 Å². The molecule has 152 valence electrons. The first-order valence-corrected chi connectivity index (χ1v) is 9.86. The van der Waals surface area contributed by atoms with Gasteiger partial charge in [0.25, 0.3) is 5.91 Å². The Bertz CT molecular complexity index is 1240. The molecular formula is C22H21ClN6O. The van der Waals surface area contributed by atoms with Gasteiger partial charge in [0.15, 0.2) is 5.82 Å². The summed E-state index contributed by atoms with van der Waals surface area (Å²) in [6, 6.07) is 15.1. The number of rotatable bonds is 4. The average molecular weight is 421 g/mol. The van der Waals surface area contributed by atoms with Crippen molar-refractivity contribution in [3.05, 3.63) is 82.0 Å². The molecule has 0 fully saturated rings. The van der Waals surface area contributed by atoms with Crippen molar-refractivity contribution in [2.75, 3.05) is 5.32 Å². The van der Waals surface area contributed by atoms with Crippen LogP contribution in [0.3, 0.4) is 0 Å². The zero-order chi connectivity index (χ0) is 21.4. The van der Waals surface area contributed by atoms with Gasteiger partial charge in [-0.3, -0.25) is 4.79 Å². The van der Waals surface area contributed by atoms with Crippen LogP contribution in [0.4, 0.5) is 5.69 Å². The van der Waals surface area contributed by atoms with E-state index >= 15 is 0 Å².